The number of hydrogen-bond donors (Lipinski definition) is 0. The minimum Gasteiger partial charge on any atom is -0.462 e. The van der Waals surface area contributed by atoms with Crippen LogP contribution in [-0.2, 0) is 38.1 Å². The molecule has 0 spiro atoms. The van der Waals surface area contributed by atoms with Crippen molar-refractivity contribution >= 4 is 23.9 Å². The maximum atomic E-state index is 11.5. The summed E-state index contributed by atoms with van der Waals surface area (Å²) in [4.78, 5) is 45.6. The van der Waals surface area contributed by atoms with Gasteiger partial charge in [0.25, 0.3) is 0 Å². The molecule has 0 amide bonds. The first-order valence-electron chi connectivity index (χ1n) is 42.2. The molecular weight excluding hydrogens is 1180 g/mol. The lowest BCUT2D eigenvalue weighted by atomic mass is 9.94. The molecule has 96 heavy (non-hydrogen) atoms. The van der Waals surface area contributed by atoms with Gasteiger partial charge in [-0.25, -0.2) is 19.2 Å². The Morgan fingerprint density at radius 2 is 0.365 bits per heavy atom. The first-order valence-corrected chi connectivity index (χ1v) is 42.2. The van der Waals surface area contributed by atoms with Gasteiger partial charge >= 0.3 is 23.9 Å². The van der Waals surface area contributed by atoms with Gasteiger partial charge in [0.15, 0.2) is 0 Å². The smallest absolute Gasteiger partial charge is 0.330 e. The van der Waals surface area contributed by atoms with Gasteiger partial charge in [-0.15, -0.1) is 0 Å². The van der Waals surface area contributed by atoms with Crippen molar-refractivity contribution in [2.45, 2.75) is 466 Å². The predicted octanol–water partition coefficient (Wildman–Crippen LogP) is 29.2. The highest BCUT2D eigenvalue weighted by atomic mass is 16.5. The van der Waals surface area contributed by atoms with Gasteiger partial charge in [0.05, 0.1) is 13.2 Å². The minimum absolute atomic E-state index is 0.0989. The van der Waals surface area contributed by atoms with Gasteiger partial charge in [0.2, 0.25) is 0 Å². The van der Waals surface area contributed by atoms with E-state index in [4.69, 9.17) is 18.9 Å². The Balaban J connectivity index is -0.000000588. The molecule has 0 aromatic rings. The summed E-state index contributed by atoms with van der Waals surface area (Å²) in [5.74, 6) is 0.00682. The summed E-state index contributed by atoms with van der Waals surface area (Å²) in [6.07, 6.45) is 85.5. The van der Waals surface area contributed by atoms with Gasteiger partial charge in [-0.2, -0.15) is 0 Å². The maximum Gasteiger partial charge on any atom is 0.330 e. The summed E-state index contributed by atoms with van der Waals surface area (Å²) in [7, 11) is 0. The van der Waals surface area contributed by atoms with Crippen LogP contribution < -0.4 is 0 Å². The summed E-state index contributed by atoms with van der Waals surface area (Å²) in [5, 5.41) is 0. The van der Waals surface area contributed by atoms with Crippen LogP contribution in [0.15, 0.2) is 50.6 Å². The van der Waals surface area contributed by atoms with Crippen molar-refractivity contribution in [3.8, 4) is 0 Å². The van der Waals surface area contributed by atoms with E-state index in [0.29, 0.717) is 25.0 Å². The van der Waals surface area contributed by atoms with Crippen LogP contribution in [0.25, 0.3) is 0 Å². The standard InChI is InChI=1S/C23H44O2.2C22H42O2.C21H40O2/c1-4-7-9-11-13-15-17-19-22(21-25-23(24)6-3)20-18-16-14-12-10-8-5-2;1-4-7-9-11-13-15-17-19-21(20-24-22(23)6-3)18-16-14-12-10-8-5-2;1-4-7-9-11-13-15-17-19-21(24-22(23)6-3)20-18-16-14-12-10-8-5-2;1-4-7-9-11-13-15-17-19-20(23-21(22)6-3)18-16-14-12-10-8-5-2/h6,22H,3-5,7-21H2,1-2H3;2*6,21H,3-5,7-20H2,1-2H3;6,20H,3-5,7-19H2,1-2H3. The summed E-state index contributed by atoms with van der Waals surface area (Å²) >= 11 is 0. The molecule has 0 N–H and O–H groups in total. The summed E-state index contributed by atoms with van der Waals surface area (Å²) in [6, 6.07) is 0. The van der Waals surface area contributed by atoms with Crippen molar-refractivity contribution in [3.63, 3.8) is 0 Å². The third-order valence-corrected chi connectivity index (χ3v) is 19.0. The second kappa shape index (κ2) is 87.9. The molecule has 0 aromatic heterocycles. The van der Waals surface area contributed by atoms with Crippen molar-refractivity contribution < 1.29 is 38.1 Å². The Hall–Kier alpha value is -3.16. The van der Waals surface area contributed by atoms with Gasteiger partial charge < -0.3 is 18.9 Å². The molecule has 0 rings (SSSR count). The highest BCUT2D eigenvalue weighted by molar-refractivity contribution is 5.82. The number of hydrogen-bond acceptors (Lipinski definition) is 8. The molecule has 568 valence electrons. The number of carbonyl (C=O) groups is 4. The average Bonchev–Trinajstić information content (AvgIpc) is 3.61. The molecule has 0 radical (unpaired) electrons. The average molecular weight is 1350 g/mol. The lowest BCUT2D eigenvalue weighted by Crippen LogP contribution is -2.16. The largest absolute Gasteiger partial charge is 0.462 e. The third kappa shape index (κ3) is 85.1. The fourth-order valence-corrected chi connectivity index (χ4v) is 12.6. The van der Waals surface area contributed by atoms with E-state index < -0.39 is 0 Å². The molecular formula is C88H168O8. The second-order valence-corrected chi connectivity index (χ2v) is 28.5. The SMILES string of the molecule is C=CC(=O)OC(CCCCCCCC)CCCCCCCCC.C=CC(=O)OC(CCCCCCCCC)CCCCCCCCC.C=CC(=O)OCC(CCCCCCCC)CCCCCCCCC.C=CC(=O)OCC(CCCCCCCCC)CCCCCCCCC. The highest BCUT2D eigenvalue weighted by Gasteiger charge is 2.16. The molecule has 2 unspecified atom stereocenters. The lowest BCUT2D eigenvalue weighted by molar-refractivity contribution is -0.144. The van der Waals surface area contributed by atoms with Crippen LogP contribution in [-0.4, -0.2) is 49.3 Å². The number of carbonyl (C=O) groups excluding carboxylic acids is 4. The topological polar surface area (TPSA) is 105 Å². The Bertz CT molecular complexity index is 1570. The van der Waals surface area contributed by atoms with Crippen molar-refractivity contribution in [1.82, 2.24) is 0 Å². The summed E-state index contributed by atoms with van der Waals surface area (Å²) in [5.41, 5.74) is 0. The van der Waals surface area contributed by atoms with Crippen LogP contribution in [0.3, 0.4) is 0 Å². The zero-order valence-electron chi connectivity index (χ0n) is 66.0. The fourth-order valence-electron chi connectivity index (χ4n) is 12.6. The lowest BCUT2D eigenvalue weighted by Gasteiger charge is -2.17. The monoisotopic (exact) mass is 1350 g/mol. The van der Waals surface area contributed by atoms with E-state index in [1.807, 2.05) is 0 Å². The second-order valence-electron chi connectivity index (χ2n) is 28.5. The Morgan fingerprint density at radius 1 is 0.219 bits per heavy atom. The Labute approximate surface area is 600 Å². The quantitative estimate of drug-likeness (QED) is 0.0257. The summed E-state index contributed by atoms with van der Waals surface area (Å²) in [6.45, 7) is 33.2. The molecule has 0 saturated heterocycles. The molecule has 0 heterocycles. The van der Waals surface area contributed by atoms with Crippen LogP contribution in [0.2, 0.25) is 0 Å². The van der Waals surface area contributed by atoms with E-state index in [-0.39, 0.29) is 36.1 Å². The number of rotatable bonds is 72. The van der Waals surface area contributed by atoms with Gasteiger partial charge in [0, 0.05) is 24.3 Å². The predicted molar refractivity (Wildman–Crippen MR) is 421 cm³/mol. The Kier molecular flexibility index (Phi) is 90.9. The molecule has 0 aromatic carbocycles. The molecule has 0 fully saturated rings. The first kappa shape index (κ1) is 99.2. The van der Waals surface area contributed by atoms with E-state index in [9.17, 15) is 19.2 Å². The zero-order valence-corrected chi connectivity index (χ0v) is 66.0. The van der Waals surface area contributed by atoms with Gasteiger partial charge in [-0.3, -0.25) is 0 Å². The van der Waals surface area contributed by atoms with E-state index in [0.717, 1.165) is 25.7 Å². The summed E-state index contributed by atoms with van der Waals surface area (Å²) < 4.78 is 21.7. The van der Waals surface area contributed by atoms with E-state index in [1.165, 1.54) is 397 Å². The van der Waals surface area contributed by atoms with Crippen LogP contribution in [0.5, 0.6) is 0 Å². The number of ether oxygens (including phenoxy) is 4. The molecule has 8 nitrogen and oxygen atoms in total. The van der Waals surface area contributed by atoms with Crippen LogP contribution >= 0.6 is 0 Å². The molecule has 0 aliphatic rings. The number of unbranched alkanes of at least 4 members (excludes halogenated alkanes) is 46. The molecule has 8 heteroatoms. The number of esters is 4. The highest BCUT2D eigenvalue weighted by Crippen LogP contribution is 2.24. The van der Waals surface area contributed by atoms with E-state index in [2.05, 4.69) is 81.7 Å². The zero-order chi connectivity index (χ0) is 71.5. The fraction of sp³-hybridized carbons (Fsp3) is 0.864. The normalized spacial score (nSPS) is 11.5. The first-order chi connectivity index (χ1) is 47.0. The molecule has 0 bridgehead atoms. The minimum atomic E-state index is -0.275. The van der Waals surface area contributed by atoms with Crippen LogP contribution in [0.1, 0.15) is 453 Å². The van der Waals surface area contributed by atoms with E-state index in [1.54, 1.807) is 0 Å². The molecule has 0 aliphatic heterocycles. The molecule has 0 aliphatic carbocycles. The Morgan fingerprint density at radius 3 is 0.521 bits per heavy atom. The third-order valence-electron chi connectivity index (χ3n) is 19.0. The van der Waals surface area contributed by atoms with Crippen molar-refractivity contribution in [2.75, 3.05) is 13.2 Å². The molecule has 0 saturated carbocycles. The van der Waals surface area contributed by atoms with Gasteiger partial charge in [-0.05, 0) is 88.9 Å². The van der Waals surface area contributed by atoms with Crippen LogP contribution in [0, 0.1) is 11.8 Å². The van der Waals surface area contributed by atoms with Gasteiger partial charge in [-0.1, -0.05) is 403 Å². The van der Waals surface area contributed by atoms with Crippen molar-refractivity contribution in [3.05, 3.63) is 50.6 Å². The van der Waals surface area contributed by atoms with Crippen LogP contribution in [0.4, 0.5) is 0 Å². The maximum absolute atomic E-state index is 11.5. The van der Waals surface area contributed by atoms with Crippen molar-refractivity contribution in [2.24, 2.45) is 11.8 Å². The van der Waals surface area contributed by atoms with Gasteiger partial charge in [0.1, 0.15) is 12.2 Å². The molecule has 2 atom stereocenters. The van der Waals surface area contributed by atoms with E-state index >= 15 is 0 Å². The van der Waals surface area contributed by atoms with Crippen molar-refractivity contribution in [1.29, 1.82) is 0 Å².